The predicted molar refractivity (Wildman–Crippen MR) is 111 cm³/mol. The number of nitriles is 1. The summed E-state index contributed by atoms with van der Waals surface area (Å²) in [5.41, 5.74) is 5.12. The van der Waals surface area contributed by atoms with E-state index in [0.717, 1.165) is 23.4 Å². The van der Waals surface area contributed by atoms with Gasteiger partial charge in [-0.1, -0.05) is 31.2 Å². The van der Waals surface area contributed by atoms with Gasteiger partial charge in [0, 0.05) is 28.4 Å². The lowest BCUT2D eigenvalue weighted by Crippen LogP contribution is -1.94. The van der Waals surface area contributed by atoms with E-state index in [1.165, 1.54) is 23.8 Å². The van der Waals surface area contributed by atoms with Gasteiger partial charge in [0.1, 0.15) is 16.6 Å². The number of aryl methyl sites for hydroxylation is 1. The molecule has 0 unspecified atom stereocenters. The van der Waals surface area contributed by atoms with Crippen molar-refractivity contribution in [2.75, 3.05) is 5.32 Å². The van der Waals surface area contributed by atoms with Gasteiger partial charge in [-0.05, 0) is 43.2 Å². The van der Waals surface area contributed by atoms with Crippen molar-refractivity contribution in [2.24, 2.45) is 0 Å². The molecule has 134 valence electrons. The van der Waals surface area contributed by atoms with Crippen LogP contribution in [0, 0.1) is 11.3 Å². The van der Waals surface area contributed by atoms with E-state index in [4.69, 9.17) is 0 Å². The van der Waals surface area contributed by atoms with E-state index in [1.54, 1.807) is 18.3 Å². The molecule has 2 aromatic carbocycles. The van der Waals surface area contributed by atoms with Crippen molar-refractivity contribution in [1.29, 1.82) is 5.26 Å². The van der Waals surface area contributed by atoms with Crippen LogP contribution in [-0.2, 0) is 6.42 Å². The Morgan fingerprint density at radius 2 is 1.89 bits per heavy atom. The van der Waals surface area contributed by atoms with Crippen LogP contribution in [0.15, 0.2) is 60.1 Å². The second kappa shape index (κ2) is 8.43. The number of Topliss-reactive ketones (excluding diaryl/α,β-unsaturated/α-hetero) is 1. The molecule has 1 heterocycles. The minimum atomic E-state index is 0.0251. The van der Waals surface area contributed by atoms with Gasteiger partial charge in [-0.2, -0.15) is 5.26 Å². The molecule has 3 rings (SSSR count). The van der Waals surface area contributed by atoms with Crippen molar-refractivity contribution in [3.8, 4) is 17.3 Å². The maximum Gasteiger partial charge on any atom is 0.159 e. The molecule has 3 aromatic rings. The van der Waals surface area contributed by atoms with Gasteiger partial charge in [0.15, 0.2) is 5.78 Å². The van der Waals surface area contributed by atoms with Crippen molar-refractivity contribution < 1.29 is 4.79 Å². The Labute approximate surface area is 162 Å². The van der Waals surface area contributed by atoms with Crippen LogP contribution in [0.1, 0.15) is 34.8 Å². The highest BCUT2D eigenvalue weighted by molar-refractivity contribution is 7.11. The predicted octanol–water partition coefficient (Wildman–Crippen LogP) is 5.55. The first kappa shape index (κ1) is 18.6. The number of carbonyl (C=O) groups is 1. The molecule has 27 heavy (non-hydrogen) atoms. The summed E-state index contributed by atoms with van der Waals surface area (Å²) >= 11 is 1.44. The highest BCUT2D eigenvalue weighted by Crippen LogP contribution is 2.26. The van der Waals surface area contributed by atoms with E-state index in [0.29, 0.717) is 16.1 Å². The molecule has 0 aliphatic carbocycles. The molecular weight excluding hydrogens is 354 g/mol. The van der Waals surface area contributed by atoms with Crippen LogP contribution < -0.4 is 5.32 Å². The van der Waals surface area contributed by atoms with Gasteiger partial charge in [-0.3, -0.25) is 4.79 Å². The normalized spacial score (nSPS) is 11.1. The summed E-state index contributed by atoms with van der Waals surface area (Å²) in [7, 11) is 0. The molecule has 0 spiro atoms. The Hall–Kier alpha value is -3.23. The Kier molecular flexibility index (Phi) is 5.80. The van der Waals surface area contributed by atoms with Crippen molar-refractivity contribution in [1.82, 2.24) is 4.98 Å². The number of carbonyl (C=O) groups excluding carboxylic acids is 1. The number of nitrogens with zero attached hydrogens (tertiary/aromatic N) is 2. The van der Waals surface area contributed by atoms with E-state index < -0.39 is 0 Å². The third kappa shape index (κ3) is 4.49. The van der Waals surface area contributed by atoms with E-state index in [1.807, 2.05) is 17.5 Å². The van der Waals surface area contributed by atoms with Gasteiger partial charge >= 0.3 is 0 Å². The van der Waals surface area contributed by atoms with E-state index in [2.05, 4.69) is 47.6 Å². The Morgan fingerprint density at radius 3 is 2.48 bits per heavy atom. The highest BCUT2D eigenvalue weighted by atomic mass is 32.1. The lowest BCUT2D eigenvalue weighted by molar-refractivity contribution is 0.101. The third-order valence-electron chi connectivity index (χ3n) is 4.19. The van der Waals surface area contributed by atoms with Gasteiger partial charge in [-0.15, -0.1) is 11.3 Å². The Bertz CT molecular complexity index is 1010. The van der Waals surface area contributed by atoms with Crippen LogP contribution in [0.5, 0.6) is 0 Å². The summed E-state index contributed by atoms with van der Waals surface area (Å²) in [5, 5.41) is 15.2. The van der Waals surface area contributed by atoms with Gasteiger partial charge in [-0.25, -0.2) is 4.98 Å². The number of hydrogen-bond acceptors (Lipinski definition) is 5. The first-order chi connectivity index (χ1) is 13.1. The molecule has 0 saturated heterocycles. The molecule has 0 radical (unpaired) electrons. The van der Waals surface area contributed by atoms with Crippen LogP contribution in [0.3, 0.4) is 0 Å². The van der Waals surface area contributed by atoms with Crippen LogP contribution in [0.25, 0.3) is 16.8 Å². The highest BCUT2D eigenvalue weighted by Gasteiger charge is 2.09. The van der Waals surface area contributed by atoms with Gasteiger partial charge < -0.3 is 5.32 Å². The van der Waals surface area contributed by atoms with Crippen LogP contribution in [-0.4, -0.2) is 10.8 Å². The maximum absolute atomic E-state index is 11.3. The summed E-state index contributed by atoms with van der Waals surface area (Å²) in [5.74, 6) is 0.0251. The minimum Gasteiger partial charge on any atom is -0.360 e. The largest absolute Gasteiger partial charge is 0.360 e. The molecule has 5 heteroatoms. The van der Waals surface area contributed by atoms with Crippen molar-refractivity contribution in [3.05, 3.63) is 76.2 Å². The van der Waals surface area contributed by atoms with Gasteiger partial charge in [0.2, 0.25) is 0 Å². The summed E-state index contributed by atoms with van der Waals surface area (Å²) < 4.78 is 0. The fraction of sp³-hybridized carbons (Fsp3) is 0.136. The molecule has 0 amide bonds. The molecule has 0 fully saturated rings. The first-order valence-corrected chi connectivity index (χ1v) is 9.51. The summed E-state index contributed by atoms with van der Waals surface area (Å²) in [6.45, 7) is 3.66. The number of rotatable bonds is 6. The molecule has 0 aliphatic rings. The standard InChI is InChI=1S/C22H19N3OS/c1-3-16-4-6-18(7-5-16)21-14-27-22(25-21)19(12-23)13-24-20-10-8-17(9-11-20)15(2)26/h4-11,13-14,24H,3H2,1-2H3/b19-13-. The molecule has 0 atom stereocenters. The number of ketones is 1. The lowest BCUT2D eigenvalue weighted by Gasteiger charge is -2.02. The van der Waals surface area contributed by atoms with Crippen LogP contribution in [0.2, 0.25) is 0 Å². The fourth-order valence-electron chi connectivity index (χ4n) is 2.54. The molecular formula is C22H19N3OS. The second-order valence-corrected chi connectivity index (χ2v) is 6.89. The number of hydrogen-bond donors (Lipinski definition) is 1. The number of aromatic nitrogens is 1. The van der Waals surface area contributed by atoms with Gasteiger partial charge in [0.05, 0.1) is 5.69 Å². The van der Waals surface area contributed by atoms with E-state index >= 15 is 0 Å². The van der Waals surface area contributed by atoms with Crippen molar-refractivity contribution in [2.45, 2.75) is 20.3 Å². The first-order valence-electron chi connectivity index (χ1n) is 8.63. The topological polar surface area (TPSA) is 65.8 Å². The third-order valence-corrected chi connectivity index (χ3v) is 5.06. The zero-order valence-electron chi connectivity index (χ0n) is 15.2. The molecule has 0 bridgehead atoms. The molecule has 1 N–H and O–H groups in total. The average molecular weight is 373 g/mol. The fourth-order valence-corrected chi connectivity index (χ4v) is 3.33. The molecule has 4 nitrogen and oxygen atoms in total. The number of anilines is 1. The average Bonchev–Trinajstić information content (AvgIpc) is 3.19. The number of benzene rings is 2. The number of thiazole rings is 1. The summed E-state index contributed by atoms with van der Waals surface area (Å²) in [6.07, 6.45) is 2.65. The number of nitrogens with one attached hydrogen (secondary N) is 1. The molecule has 1 aromatic heterocycles. The molecule has 0 aliphatic heterocycles. The zero-order valence-corrected chi connectivity index (χ0v) is 16.0. The Balaban J connectivity index is 1.77. The molecule has 0 saturated carbocycles. The number of allylic oxidation sites excluding steroid dienone is 1. The zero-order chi connectivity index (χ0) is 19.2. The maximum atomic E-state index is 11.3. The summed E-state index contributed by atoms with van der Waals surface area (Å²) in [4.78, 5) is 15.9. The second-order valence-electron chi connectivity index (χ2n) is 6.04. The van der Waals surface area contributed by atoms with Crippen molar-refractivity contribution >= 4 is 28.4 Å². The van der Waals surface area contributed by atoms with Crippen molar-refractivity contribution in [3.63, 3.8) is 0 Å². The Morgan fingerprint density at radius 1 is 1.19 bits per heavy atom. The minimum absolute atomic E-state index is 0.0251. The van der Waals surface area contributed by atoms with Crippen LogP contribution in [0.4, 0.5) is 5.69 Å². The van der Waals surface area contributed by atoms with Gasteiger partial charge in [0.25, 0.3) is 0 Å². The lowest BCUT2D eigenvalue weighted by atomic mass is 10.1. The van der Waals surface area contributed by atoms with E-state index in [9.17, 15) is 10.1 Å². The summed E-state index contributed by atoms with van der Waals surface area (Å²) in [6, 6.07) is 17.6. The SMILES string of the molecule is CCc1ccc(-c2csc(/C(C#N)=C\Nc3ccc(C(C)=O)cc3)n2)cc1. The quantitative estimate of drug-likeness (QED) is 0.454. The van der Waals surface area contributed by atoms with E-state index in [-0.39, 0.29) is 5.78 Å². The monoisotopic (exact) mass is 373 g/mol. The van der Waals surface area contributed by atoms with Crippen LogP contribution >= 0.6 is 11.3 Å². The smallest absolute Gasteiger partial charge is 0.159 e.